The average Bonchev–Trinajstić information content (AvgIpc) is 2.64. The van der Waals surface area contributed by atoms with Gasteiger partial charge in [-0.05, 0) is 26.2 Å². The summed E-state index contributed by atoms with van der Waals surface area (Å²) in [5, 5.41) is 25.2. The van der Waals surface area contributed by atoms with Crippen molar-refractivity contribution in [3.8, 4) is 0 Å². The zero-order valence-electron chi connectivity index (χ0n) is 17.3. The highest BCUT2D eigenvalue weighted by atomic mass is 16.4. The van der Waals surface area contributed by atoms with Gasteiger partial charge < -0.3 is 15.3 Å². The molecule has 0 aromatic heterocycles. The van der Waals surface area contributed by atoms with Crippen LogP contribution in [0.1, 0.15) is 97.3 Å². The molecule has 0 unspecified atom stereocenters. The molecule has 0 atom stereocenters. The van der Waals surface area contributed by atoms with E-state index in [4.69, 9.17) is 15.3 Å². The molecule has 3 N–H and O–H groups in total. The molecule has 0 aliphatic rings. The van der Waals surface area contributed by atoms with Crippen LogP contribution in [-0.4, -0.2) is 33.9 Å². The Morgan fingerprint density at radius 3 is 1.63 bits per heavy atom. The lowest BCUT2D eigenvalue weighted by atomic mass is 10.0. The van der Waals surface area contributed by atoms with E-state index in [1.54, 1.807) is 0 Å². The van der Waals surface area contributed by atoms with Crippen LogP contribution in [0.2, 0.25) is 0 Å². The molecule has 0 spiro atoms. The Morgan fingerprint density at radius 2 is 1.26 bits per heavy atom. The summed E-state index contributed by atoms with van der Waals surface area (Å²) < 4.78 is 0. The van der Waals surface area contributed by atoms with Gasteiger partial charge in [-0.3, -0.25) is 0 Å². The third-order valence-electron chi connectivity index (χ3n) is 4.30. The van der Waals surface area contributed by atoms with Gasteiger partial charge in [0, 0.05) is 17.8 Å². The first-order valence-electron chi connectivity index (χ1n) is 10.3. The molecule has 0 rings (SSSR count). The van der Waals surface area contributed by atoms with Crippen LogP contribution in [0.4, 0.5) is 0 Å². The van der Waals surface area contributed by atoms with Crippen LogP contribution in [0.3, 0.4) is 0 Å². The summed E-state index contributed by atoms with van der Waals surface area (Å²) in [4.78, 5) is 20.6. The number of carbonyl (C=O) groups is 2. The molecular weight excluding hydrogens is 344 g/mol. The average molecular weight is 385 g/mol. The third kappa shape index (κ3) is 22.3. The van der Waals surface area contributed by atoms with E-state index in [1.165, 1.54) is 70.8 Å². The quantitative estimate of drug-likeness (QED) is 0.233. The lowest BCUT2D eigenvalue weighted by Gasteiger charge is -2.02. The van der Waals surface area contributed by atoms with E-state index in [1.807, 2.05) is 0 Å². The smallest absolute Gasteiger partial charge is 0.330 e. The van der Waals surface area contributed by atoms with Gasteiger partial charge in [0.05, 0.1) is 0 Å². The summed E-state index contributed by atoms with van der Waals surface area (Å²) in [6, 6.07) is 0. The number of aliphatic carboxylic acids is 2. The number of rotatable bonds is 16. The molecule has 0 aromatic rings. The minimum Gasteiger partial charge on any atom is -0.478 e. The summed E-state index contributed by atoms with van der Waals surface area (Å²) in [6.07, 6.45) is 16.8. The van der Waals surface area contributed by atoms with E-state index < -0.39 is 11.9 Å². The van der Waals surface area contributed by atoms with Crippen LogP contribution in [0.15, 0.2) is 23.8 Å². The van der Waals surface area contributed by atoms with Crippen molar-refractivity contribution in [2.75, 3.05) is 6.61 Å². The molecule has 158 valence electrons. The van der Waals surface area contributed by atoms with Gasteiger partial charge in [0.25, 0.3) is 0 Å². The first-order valence-corrected chi connectivity index (χ1v) is 10.3. The minimum absolute atomic E-state index is 0.00458. The lowest BCUT2D eigenvalue weighted by molar-refractivity contribution is -0.133. The molecule has 0 aliphatic heterocycles. The molecule has 0 radical (unpaired) electrons. The fourth-order valence-electron chi connectivity index (χ4n) is 2.48. The maximum absolute atomic E-state index is 10.5. The van der Waals surface area contributed by atoms with Gasteiger partial charge >= 0.3 is 11.9 Å². The van der Waals surface area contributed by atoms with Gasteiger partial charge in [0.15, 0.2) is 0 Å². The van der Waals surface area contributed by atoms with E-state index in [0.29, 0.717) is 18.4 Å². The molecule has 0 amide bonds. The predicted molar refractivity (Wildman–Crippen MR) is 111 cm³/mol. The number of carboxylic acids is 2. The molecule has 5 heteroatoms. The molecule has 5 nitrogen and oxygen atoms in total. The zero-order valence-corrected chi connectivity index (χ0v) is 17.3. The second-order valence-electron chi connectivity index (χ2n) is 6.90. The maximum Gasteiger partial charge on any atom is 0.330 e. The topological polar surface area (TPSA) is 94.8 Å². The van der Waals surface area contributed by atoms with Gasteiger partial charge in [-0.25, -0.2) is 9.59 Å². The van der Waals surface area contributed by atoms with E-state index in [0.717, 1.165) is 12.8 Å². The number of carboxylic acid groups (broad SMARTS) is 2. The highest BCUT2D eigenvalue weighted by Crippen LogP contribution is 2.13. The van der Waals surface area contributed by atoms with E-state index in [9.17, 15) is 9.59 Å². The summed E-state index contributed by atoms with van der Waals surface area (Å²) in [6.45, 7) is 7.29. The number of aliphatic hydroxyl groups excluding tert-OH is 1. The van der Waals surface area contributed by atoms with Crippen molar-refractivity contribution in [3.63, 3.8) is 0 Å². The fraction of sp³-hybridized carbons (Fsp3) is 0.727. The normalized spacial score (nSPS) is 10.9. The van der Waals surface area contributed by atoms with E-state index in [2.05, 4.69) is 13.5 Å². The molecule has 0 aliphatic carbocycles. The van der Waals surface area contributed by atoms with Crippen molar-refractivity contribution in [2.45, 2.75) is 97.3 Å². The van der Waals surface area contributed by atoms with Crippen molar-refractivity contribution in [1.82, 2.24) is 0 Å². The van der Waals surface area contributed by atoms with Crippen molar-refractivity contribution >= 4 is 11.9 Å². The molecule has 0 saturated heterocycles. The highest BCUT2D eigenvalue weighted by Gasteiger charge is 2.02. The SMILES string of the molecule is C=C(CCCCCCCCCCCCC)C(=O)O.CC(=CCCO)C(=O)O. The fourth-order valence-corrected chi connectivity index (χ4v) is 2.48. The number of aliphatic hydroxyl groups is 1. The third-order valence-corrected chi connectivity index (χ3v) is 4.30. The molecule has 0 saturated carbocycles. The zero-order chi connectivity index (χ0) is 20.9. The standard InChI is InChI=1S/C16H30O2.C6H10O3/c1-3-4-5-6-7-8-9-10-11-12-13-14-15(2)16(17)18;1-5(6(8)9)3-2-4-7/h2-14H2,1H3,(H,17,18);3,7H,2,4H2,1H3,(H,8,9). The van der Waals surface area contributed by atoms with Crippen molar-refractivity contribution in [1.29, 1.82) is 0 Å². The van der Waals surface area contributed by atoms with Crippen LogP contribution in [0, 0.1) is 0 Å². The summed E-state index contributed by atoms with van der Waals surface area (Å²) >= 11 is 0. The summed E-state index contributed by atoms with van der Waals surface area (Å²) in [5.41, 5.74) is 0.634. The Morgan fingerprint density at radius 1 is 0.815 bits per heavy atom. The molecule has 0 fully saturated rings. The number of hydrogen-bond donors (Lipinski definition) is 3. The highest BCUT2D eigenvalue weighted by molar-refractivity contribution is 5.86. The van der Waals surface area contributed by atoms with Gasteiger partial charge in [0.2, 0.25) is 0 Å². The Balaban J connectivity index is 0. The Hall–Kier alpha value is -1.62. The largest absolute Gasteiger partial charge is 0.478 e. The molecule has 0 heterocycles. The van der Waals surface area contributed by atoms with Crippen molar-refractivity contribution in [2.24, 2.45) is 0 Å². The maximum atomic E-state index is 10.5. The number of hydrogen-bond acceptors (Lipinski definition) is 3. The van der Waals surface area contributed by atoms with Gasteiger partial charge in [0.1, 0.15) is 0 Å². The minimum atomic E-state index is -0.927. The lowest BCUT2D eigenvalue weighted by Crippen LogP contribution is -1.98. The second kappa shape index (κ2) is 20.7. The molecule has 0 aromatic carbocycles. The summed E-state index contributed by atoms with van der Waals surface area (Å²) in [5.74, 6) is -1.77. The molecule has 0 bridgehead atoms. The van der Waals surface area contributed by atoms with Crippen LogP contribution < -0.4 is 0 Å². The first-order chi connectivity index (χ1) is 12.9. The summed E-state index contributed by atoms with van der Waals surface area (Å²) in [7, 11) is 0. The van der Waals surface area contributed by atoms with Crippen LogP contribution in [-0.2, 0) is 9.59 Å². The Labute approximate surface area is 165 Å². The molecule has 27 heavy (non-hydrogen) atoms. The Bertz CT molecular complexity index is 426. The van der Waals surface area contributed by atoms with E-state index >= 15 is 0 Å². The van der Waals surface area contributed by atoms with Crippen molar-refractivity contribution < 1.29 is 24.9 Å². The van der Waals surface area contributed by atoms with Crippen LogP contribution in [0.5, 0.6) is 0 Å². The van der Waals surface area contributed by atoms with Crippen molar-refractivity contribution in [3.05, 3.63) is 23.8 Å². The monoisotopic (exact) mass is 384 g/mol. The van der Waals surface area contributed by atoms with Gasteiger partial charge in [-0.1, -0.05) is 83.8 Å². The van der Waals surface area contributed by atoms with Gasteiger partial charge in [-0.2, -0.15) is 0 Å². The Kier molecular flexibility index (Phi) is 21.1. The molecular formula is C22H40O5. The van der Waals surface area contributed by atoms with E-state index in [-0.39, 0.29) is 12.2 Å². The predicted octanol–water partition coefficient (Wildman–Crippen LogP) is 5.73. The van der Waals surface area contributed by atoms with Crippen LogP contribution >= 0.6 is 0 Å². The first kappa shape index (κ1) is 27.6. The van der Waals surface area contributed by atoms with Crippen LogP contribution in [0.25, 0.3) is 0 Å². The van der Waals surface area contributed by atoms with Gasteiger partial charge in [-0.15, -0.1) is 0 Å². The number of unbranched alkanes of at least 4 members (excludes halogenated alkanes) is 10. The second-order valence-corrected chi connectivity index (χ2v) is 6.90.